The van der Waals surface area contributed by atoms with Crippen LogP contribution in [0.25, 0.3) is 0 Å². The van der Waals surface area contributed by atoms with Crippen molar-refractivity contribution in [1.82, 2.24) is 9.29 Å². The molecule has 0 aliphatic heterocycles. The maximum atomic E-state index is 13.5. The first-order chi connectivity index (χ1) is 8.48. The molecule has 1 aliphatic carbocycles. The van der Waals surface area contributed by atoms with Gasteiger partial charge in [0.2, 0.25) is 5.03 Å². The minimum Gasteiger partial charge on any atom is -0.329 e. The van der Waals surface area contributed by atoms with Crippen LogP contribution in [-0.2, 0) is 10.0 Å². The lowest BCUT2D eigenvalue weighted by Gasteiger charge is -2.25. The van der Waals surface area contributed by atoms with Crippen LogP contribution in [0.4, 0.5) is 4.39 Å². The van der Waals surface area contributed by atoms with Gasteiger partial charge in [-0.3, -0.25) is 0 Å². The first-order valence-electron chi connectivity index (χ1n) is 5.77. The van der Waals surface area contributed by atoms with Crippen molar-refractivity contribution in [3.8, 4) is 0 Å². The number of nitrogens with two attached hydrogens (primary N) is 1. The fourth-order valence-corrected chi connectivity index (χ4v) is 3.39. The highest BCUT2D eigenvalue weighted by Gasteiger charge is 2.39. The molecule has 1 aromatic heterocycles. The molecule has 0 radical (unpaired) electrons. The van der Waals surface area contributed by atoms with Gasteiger partial charge in [-0.25, -0.2) is 17.8 Å². The molecule has 100 valence electrons. The van der Waals surface area contributed by atoms with E-state index in [2.05, 4.69) is 4.98 Å². The molecule has 5 nitrogen and oxygen atoms in total. The number of halogens is 1. The maximum Gasteiger partial charge on any atom is 0.263 e. The average molecular weight is 273 g/mol. The fourth-order valence-electron chi connectivity index (χ4n) is 1.99. The number of hydrogen-bond acceptors (Lipinski definition) is 4. The third-order valence-corrected chi connectivity index (χ3v) is 5.04. The molecule has 1 aromatic rings. The maximum absolute atomic E-state index is 13.5. The molecule has 1 heterocycles. The van der Waals surface area contributed by atoms with Gasteiger partial charge in [-0.15, -0.1) is 0 Å². The van der Waals surface area contributed by atoms with Crippen molar-refractivity contribution >= 4 is 10.0 Å². The van der Waals surface area contributed by atoms with Gasteiger partial charge in [0.1, 0.15) is 0 Å². The first kappa shape index (κ1) is 13.4. The first-order valence-corrected chi connectivity index (χ1v) is 7.21. The van der Waals surface area contributed by atoms with Gasteiger partial charge >= 0.3 is 0 Å². The lowest BCUT2D eigenvalue weighted by atomic mass is 10.2. The molecular weight excluding hydrogens is 257 g/mol. The SMILES string of the molecule is CN(C(CN)C1CC1)S(=O)(=O)c1ncccc1F. The second kappa shape index (κ2) is 4.91. The van der Waals surface area contributed by atoms with Crippen LogP contribution in [0, 0.1) is 11.7 Å². The number of nitrogens with zero attached hydrogens (tertiary/aromatic N) is 2. The highest BCUT2D eigenvalue weighted by atomic mass is 32.2. The van der Waals surface area contributed by atoms with Crippen molar-refractivity contribution < 1.29 is 12.8 Å². The van der Waals surface area contributed by atoms with Gasteiger partial charge in [0, 0.05) is 25.8 Å². The van der Waals surface area contributed by atoms with Crippen molar-refractivity contribution in [2.24, 2.45) is 11.7 Å². The van der Waals surface area contributed by atoms with E-state index in [-0.39, 0.29) is 18.5 Å². The molecule has 1 fully saturated rings. The third kappa shape index (κ3) is 2.38. The molecule has 0 spiro atoms. The Labute approximate surface area is 106 Å². The van der Waals surface area contributed by atoms with Crippen molar-refractivity contribution in [3.05, 3.63) is 24.1 Å². The largest absolute Gasteiger partial charge is 0.329 e. The second-order valence-electron chi connectivity index (χ2n) is 4.45. The van der Waals surface area contributed by atoms with E-state index in [1.54, 1.807) is 0 Å². The molecule has 1 saturated carbocycles. The highest BCUT2D eigenvalue weighted by molar-refractivity contribution is 7.89. The van der Waals surface area contributed by atoms with E-state index in [1.807, 2.05) is 0 Å². The van der Waals surface area contributed by atoms with Crippen molar-refractivity contribution in [1.29, 1.82) is 0 Å². The van der Waals surface area contributed by atoms with Crippen LogP contribution in [0.5, 0.6) is 0 Å². The van der Waals surface area contributed by atoms with Gasteiger partial charge in [-0.05, 0) is 30.9 Å². The summed E-state index contributed by atoms with van der Waals surface area (Å²) in [7, 11) is -2.49. The summed E-state index contributed by atoms with van der Waals surface area (Å²) >= 11 is 0. The number of likely N-dealkylation sites (N-methyl/N-ethyl adjacent to an activating group) is 1. The van der Waals surface area contributed by atoms with Crippen molar-refractivity contribution in [2.45, 2.75) is 23.9 Å². The molecule has 18 heavy (non-hydrogen) atoms. The Morgan fingerprint density at radius 1 is 1.61 bits per heavy atom. The zero-order valence-electron chi connectivity index (χ0n) is 10.1. The van der Waals surface area contributed by atoms with E-state index in [0.29, 0.717) is 0 Å². The predicted molar refractivity (Wildman–Crippen MR) is 64.7 cm³/mol. The topological polar surface area (TPSA) is 76.3 Å². The summed E-state index contributed by atoms with van der Waals surface area (Å²) in [5.41, 5.74) is 5.61. The zero-order valence-corrected chi connectivity index (χ0v) is 10.9. The monoisotopic (exact) mass is 273 g/mol. The minimum atomic E-state index is -3.92. The number of pyridine rings is 1. The Morgan fingerprint density at radius 3 is 2.78 bits per heavy atom. The molecule has 2 N–H and O–H groups in total. The Hall–Kier alpha value is -1.05. The summed E-state index contributed by atoms with van der Waals surface area (Å²) in [6.45, 7) is 0.231. The number of aromatic nitrogens is 1. The van der Waals surface area contributed by atoms with E-state index in [4.69, 9.17) is 5.73 Å². The van der Waals surface area contributed by atoms with Crippen LogP contribution in [-0.4, -0.2) is 37.3 Å². The number of rotatable bonds is 5. The van der Waals surface area contributed by atoms with Gasteiger partial charge in [-0.1, -0.05) is 0 Å². The van der Waals surface area contributed by atoms with Crippen molar-refractivity contribution in [2.75, 3.05) is 13.6 Å². The van der Waals surface area contributed by atoms with Crippen molar-refractivity contribution in [3.63, 3.8) is 0 Å². The molecule has 2 rings (SSSR count). The van der Waals surface area contributed by atoms with Crippen LogP contribution >= 0.6 is 0 Å². The molecular formula is C11H16FN3O2S. The molecule has 0 aromatic carbocycles. The molecule has 1 atom stereocenters. The molecule has 0 saturated heterocycles. The van der Waals surface area contributed by atoms with E-state index in [1.165, 1.54) is 19.3 Å². The van der Waals surface area contributed by atoms with Crippen LogP contribution < -0.4 is 5.73 Å². The number of sulfonamides is 1. The van der Waals surface area contributed by atoms with Crippen LogP contribution in [0.1, 0.15) is 12.8 Å². The fraction of sp³-hybridized carbons (Fsp3) is 0.545. The summed E-state index contributed by atoms with van der Waals surface area (Å²) in [4.78, 5) is 3.62. The lowest BCUT2D eigenvalue weighted by molar-refractivity contribution is 0.337. The Bertz CT molecular complexity index is 531. The van der Waals surface area contributed by atoms with E-state index in [0.717, 1.165) is 23.2 Å². The molecule has 1 unspecified atom stereocenters. The average Bonchev–Trinajstić information content (AvgIpc) is 3.14. The summed E-state index contributed by atoms with van der Waals surface area (Å²) in [5.74, 6) is -0.558. The van der Waals surface area contributed by atoms with Gasteiger partial charge < -0.3 is 5.73 Å². The summed E-state index contributed by atoms with van der Waals surface area (Å²) < 4.78 is 39.2. The molecule has 1 aliphatic rings. The predicted octanol–water partition coefficient (Wildman–Crippen LogP) is 0.579. The lowest BCUT2D eigenvalue weighted by Crippen LogP contribution is -2.43. The van der Waals surface area contributed by atoms with Gasteiger partial charge in [-0.2, -0.15) is 4.31 Å². The van der Waals surface area contributed by atoms with E-state index < -0.39 is 20.9 Å². The summed E-state index contributed by atoms with van der Waals surface area (Å²) in [5, 5.41) is -0.536. The molecule has 0 amide bonds. The normalized spacial score (nSPS) is 18.0. The van der Waals surface area contributed by atoms with Crippen LogP contribution in [0.3, 0.4) is 0 Å². The standard InChI is InChI=1S/C11H16FN3O2S/c1-15(10(7-13)8-4-5-8)18(16,17)11-9(12)3-2-6-14-11/h2-3,6,8,10H,4-5,7,13H2,1H3. The highest BCUT2D eigenvalue weighted by Crippen LogP contribution is 2.36. The van der Waals surface area contributed by atoms with E-state index >= 15 is 0 Å². The minimum absolute atomic E-state index is 0.231. The second-order valence-corrected chi connectivity index (χ2v) is 6.36. The molecule has 0 bridgehead atoms. The van der Waals surface area contributed by atoms with Gasteiger partial charge in [0.15, 0.2) is 5.82 Å². The quantitative estimate of drug-likeness (QED) is 0.851. The smallest absolute Gasteiger partial charge is 0.263 e. The summed E-state index contributed by atoms with van der Waals surface area (Å²) in [6, 6.07) is 2.16. The Morgan fingerprint density at radius 2 is 2.28 bits per heavy atom. The van der Waals surface area contributed by atoms with Crippen LogP contribution in [0.2, 0.25) is 0 Å². The van der Waals surface area contributed by atoms with E-state index in [9.17, 15) is 12.8 Å². The Kier molecular flexibility index (Phi) is 3.65. The van der Waals surface area contributed by atoms with Gasteiger partial charge in [0.05, 0.1) is 0 Å². The Balaban J connectivity index is 2.33. The van der Waals surface area contributed by atoms with Crippen LogP contribution in [0.15, 0.2) is 23.4 Å². The number of hydrogen-bond donors (Lipinski definition) is 1. The molecule has 7 heteroatoms. The zero-order chi connectivity index (χ0) is 13.3. The van der Waals surface area contributed by atoms with Gasteiger partial charge in [0.25, 0.3) is 10.0 Å². The third-order valence-electron chi connectivity index (χ3n) is 3.22. The summed E-state index contributed by atoms with van der Waals surface area (Å²) in [6.07, 6.45) is 3.19.